The van der Waals surface area contributed by atoms with E-state index in [2.05, 4.69) is 16.6 Å². The van der Waals surface area contributed by atoms with Crippen molar-refractivity contribution in [2.45, 2.75) is 27.7 Å². The molecule has 1 rings (SSSR count). The first-order valence-electron chi connectivity index (χ1n) is 4.66. The van der Waals surface area contributed by atoms with E-state index in [1.807, 2.05) is 33.8 Å². The van der Waals surface area contributed by atoms with Gasteiger partial charge in [0.15, 0.2) is 5.84 Å². The van der Waals surface area contributed by atoms with Gasteiger partial charge in [0.05, 0.1) is 0 Å². The number of nitrogens with zero attached hydrogens (tertiary/aromatic N) is 2. The lowest BCUT2D eigenvalue weighted by Gasteiger charge is -2.08. The molecular weight excluding hydrogens is 174 g/mol. The van der Waals surface area contributed by atoms with Gasteiger partial charge >= 0.3 is 0 Å². The van der Waals surface area contributed by atoms with E-state index in [0.717, 1.165) is 11.3 Å². The largest absolute Gasteiger partial charge is 0.281 e. The Morgan fingerprint density at radius 2 is 2.00 bits per heavy atom. The van der Waals surface area contributed by atoms with Crippen LogP contribution >= 0.6 is 0 Å². The molecule has 3 heteroatoms. The van der Waals surface area contributed by atoms with Crippen LogP contribution in [0.4, 0.5) is 0 Å². The molecule has 3 nitrogen and oxygen atoms in total. The molecule has 0 aliphatic carbocycles. The first kappa shape index (κ1) is 12.5. The fraction of sp³-hybridized carbons (Fsp3) is 0.364. The number of hydrogen-bond donors (Lipinski definition) is 1. The van der Waals surface area contributed by atoms with Crippen molar-refractivity contribution >= 4 is 17.3 Å². The minimum Gasteiger partial charge on any atom is -0.281 e. The Morgan fingerprint density at radius 3 is 2.50 bits per heavy atom. The van der Waals surface area contributed by atoms with Gasteiger partial charge < -0.3 is 0 Å². The van der Waals surface area contributed by atoms with Gasteiger partial charge in [-0.05, 0) is 25.5 Å². The lowest BCUT2D eigenvalue weighted by Crippen LogP contribution is -2.16. The van der Waals surface area contributed by atoms with E-state index >= 15 is 0 Å². The van der Waals surface area contributed by atoms with Gasteiger partial charge in [-0.15, -0.1) is 0 Å². The van der Waals surface area contributed by atoms with Crippen molar-refractivity contribution in [1.29, 1.82) is 5.41 Å². The van der Waals surface area contributed by atoms with E-state index < -0.39 is 0 Å². The van der Waals surface area contributed by atoms with Crippen LogP contribution in [0.1, 0.15) is 27.7 Å². The number of nitrogens with one attached hydrogen (secondary N) is 1. The maximum Gasteiger partial charge on any atom is 0.170 e. The summed E-state index contributed by atoms with van der Waals surface area (Å²) < 4.78 is 0. The minimum atomic E-state index is 0.206. The average molecular weight is 191 g/mol. The van der Waals surface area contributed by atoms with E-state index in [0.29, 0.717) is 5.71 Å². The Kier molecular flexibility index (Phi) is 5.37. The molecule has 76 valence electrons. The van der Waals surface area contributed by atoms with E-state index in [1.54, 1.807) is 0 Å². The monoisotopic (exact) mass is 191 g/mol. The fourth-order valence-electron chi connectivity index (χ4n) is 0.888. The molecule has 0 atom stereocenters. The topological polar surface area (TPSA) is 48.6 Å². The minimum absolute atomic E-state index is 0.206. The SMILES string of the molecule is C=CN=C1C=C(C)C(C)=NC1=N.CC. The van der Waals surface area contributed by atoms with E-state index in [-0.39, 0.29) is 5.84 Å². The molecule has 1 aliphatic heterocycles. The van der Waals surface area contributed by atoms with Crippen LogP contribution in [0.15, 0.2) is 34.4 Å². The van der Waals surface area contributed by atoms with Gasteiger partial charge in [-0.3, -0.25) is 10.4 Å². The second-order valence-electron chi connectivity index (χ2n) is 2.57. The Morgan fingerprint density at radius 1 is 1.43 bits per heavy atom. The molecule has 0 spiro atoms. The summed E-state index contributed by atoms with van der Waals surface area (Å²) in [5, 5.41) is 7.46. The normalized spacial score (nSPS) is 18.0. The molecule has 0 aromatic rings. The summed E-state index contributed by atoms with van der Waals surface area (Å²) in [4.78, 5) is 7.94. The molecule has 1 heterocycles. The number of rotatable bonds is 1. The van der Waals surface area contributed by atoms with Crippen LogP contribution in [0.25, 0.3) is 0 Å². The Labute approximate surface area is 85.5 Å². The lowest BCUT2D eigenvalue weighted by atomic mass is 10.1. The van der Waals surface area contributed by atoms with Gasteiger partial charge in [0.2, 0.25) is 0 Å². The Bertz CT molecular complexity index is 319. The molecule has 0 amide bonds. The summed E-state index contributed by atoms with van der Waals surface area (Å²) in [7, 11) is 0. The average Bonchev–Trinajstić information content (AvgIpc) is 2.18. The second-order valence-corrected chi connectivity index (χ2v) is 2.57. The standard InChI is InChI=1S/C9H11N3.C2H6/c1-4-11-8-5-6(2)7(3)12-9(8)10;1-2/h4-5,10H,1H2,2-3H3;1-2H3. The predicted molar refractivity (Wildman–Crippen MR) is 63.6 cm³/mol. The molecule has 1 N–H and O–H groups in total. The molecule has 14 heavy (non-hydrogen) atoms. The summed E-state index contributed by atoms with van der Waals surface area (Å²) in [6.07, 6.45) is 3.26. The Balaban J connectivity index is 0.000000791. The molecule has 0 radical (unpaired) electrons. The van der Waals surface area contributed by atoms with E-state index in [4.69, 9.17) is 5.41 Å². The number of aliphatic imine (C=N–C) groups is 2. The molecule has 1 aliphatic rings. The predicted octanol–water partition coefficient (Wildman–Crippen LogP) is 3.00. The third-order valence-corrected chi connectivity index (χ3v) is 1.68. The highest BCUT2D eigenvalue weighted by Gasteiger charge is 2.10. The summed E-state index contributed by atoms with van der Waals surface area (Å²) in [5.74, 6) is 0.206. The molecule has 0 saturated carbocycles. The number of dihydropyridines is 1. The first-order valence-corrected chi connectivity index (χ1v) is 4.66. The molecule has 0 unspecified atom stereocenters. The van der Waals surface area contributed by atoms with Crippen LogP contribution in [-0.2, 0) is 0 Å². The number of amidine groups is 1. The Hall–Kier alpha value is -1.51. The number of allylic oxidation sites excluding steroid dienone is 1. The van der Waals surface area contributed by atoms with Gasteiger partial charge in [-0.1, -0.05) is 20.4 Å². The quantitative estimate of drug-likeness (QED) is 0.662. The van der Waals surface area contributed by atoms with Crippen molar-refractivity contribution in [1.82, 2.24) is 0 Å². The van der Waals surface area contributed by atoms with Gasteiger partial charge in [0.25, 0.3) is 0 Å². The molecular formula is C11H17N3. The van der Waals surface area contributed by atoms with Gasteiger partial charge in [-0.25, -0.2) is 4.99 Å². The smallest absolute Gasteiger partial charge is 0.170 e. The zero-order chi connectivity index (χ0) is 11.1. The third kappa shape index (κ3) is 3.09. The summed E-state index contributed by atoms with van der Waals surface area (Å²) in [5.41, 5.74) is 2.50. The van der Waals surface area contributed by atoms with Crippen LogP contribution < -0.4 is 0 Å². The highest BCUT2D eigenvalue weighted by Crippen LogP contribution is 2.06. The molecule has 0 saturated heterocycles. The second kappa shape index (κ2) is 6.02. The molecule has 0 bridgehead atoms. The van der Waals surface area contributed by atoms with Crippen molar-refractivity contribution < 1.29 is 0 Å². The van der Waals surface area contributed by atoms with Crippen molar-refractivity contribution in [3.05, 3.63) is 24.4 Å². The van der Waals surface area contributed by atoms with Crippen LogP contribution in [0.2, 0.25) is 0 Å². The third-order valence-electron chi connectivity index (χ3n) is 1.68. The molecule has 0 fully saturated rings. The highest BCUT2D eigenvalue weighted by atomic mass is 14.9. The van der Waals surface area contributed by atoms with Crippen LogP contribution in [-0.4, -0.2) is 17.3 Å². The zero-order valence-electron chi connectivity index (χ0n) is 9.26. The maximum atomic E-state index is 7.46. The highest BCUT2D eigenvalue weighted by molar-refractivity contribution is 6.49. The number of hydrogen-bond acceptors (Lipinski definition) is 2. The molecule has 0 aromatic heterocycles. The first-order chi connectivity index (χ1) is 6.65. The molecule has 0 aromatic carbocycles. The van der Waals surface area contributed by atoms with Crippen molar-refractivity contribution in [2.24, 2.45) is 9.98 Å². The summed E-state index contributed by atoms with van der Waals surface area (Å²) in [6.45, 7) is 11.3. The van der Waals surface area contributed by atoms with Gasteiger partial charge in [-0.2, -0.15) is 0 Å². The zero-order valence-corrected chi connectivity index (χ0v) is 9.26. The van der Waals surface area contributed by atoms with Gasteiger partial charge in [0.1, 0.15) is 5.71 Å². The van der Waals surface area contributed by atoms with Crippen molar-refractivity contribution in [2.75, 3.05) is 0 Å². The van der Waals surface area contributed by atoms with Crippen LogP contribution in [0, 0.1) is 5.41 Å². The lowest BCUT2D eigenvalue weighted by molar-refractivity contribution is 1.41. The van der Waals surface area contributed by atoms with E-state index in [9.17, 15) is 0 Å². The van der Waals surface area contributed by atoms with Crippen molar-refractivity contribution in [3.63, 3.8) is 0 Å². The van der Waals surface area contributed by atoms with Crippen LogP contribution in [0.5, 0.6) is 0 Å². The maximum absolute atomic E-state index is 7.46. The van der Waals surface area contributed by atoms with Crippen molar-refractivity contribution in [3.8, 4) is 0 Å². The van der Waals surface area contributed by atoms with E-state index in [1.165, 1.54) is 6.20 Å². The fourth-order valence-corrected chi connectivity index (χ4v) is 0.888. The van der Waals surface area contributed by atoms with Crippen LogP contribution in [0.3, 0.4) is 0 Å². The summed E-state index contributed by atoms with van der Waals surface area (Å²) >= 11 is 0. The summed E-state index contributed by atoms with van der Waals surface area (Å²) in [6, 6.07) is 0. The van der Waals surface area contributed by atoms with Gasteiger partial charge in [0, 0.05) is 11.9 Å².